The van der Waals surface area contributed by atoms with E-state index in [1.54, 1.807) is 23.1 Å². The first-order valence-corrected chi connectivity index (χ1v) is 9.50. The van der Waals surface area contributed by atoms with Gasteiger partial charge in [0.2, 0.25) is 5.91 Å². The predicted molar refractivity (Wildman–Crippen MR) is 103 cm³/mol. The van der Waals surface area contributed by atoms with Gasteiger partial charge in [-0.15, -0.1) is 12.3 Å². The van der Waals surface area contributed by atoms with Crippen LogP contribution in [0.1, 0.15) is 47.7 Å². The molecule has 0 bridgehead atoms. The molecule has 3 rings (SSSR count). The van der Waals surface area contributed by atoms with Crippen LogP contribution in [-0.4, -0.2) is 47.3 Å². The van der Waals surface area contributed by atoms with E-state index in [1.807, 2.05) is 18.7 Å². The molecule has 5 nitrogen and oxygen atoms in total. The first kappa shape index (κ1) is 19.0. The van der Waals surface area contributed by atoms with Crippen molar-refractivity contribution in [3.63, 3.8) is 0 Å². The summed E-state index contributed by atoms with van der Waals surface area (Å²) >= 11 is 0. The van der Waals surface area contributed by atoms with Gasteiger partial charge >= 0.3 is 0 Å². The molecule has 1 unspecified atom stereocenters. The maximum absolute atomic E-state index is 12.9. The molecule has 27 heavy (non-hydrogen) atoms. The number of aryl methyl sites for hydroxylation is 1. The summed E-state index contributed by atoms with van der Waals surface area (Å²) < 4.78 is 0. The number of hydrogen-bond acceptors (Lipinski definition) is 3. The van der Waals surface area contributed by atoms with Gasteiger partial charge in [0.15, 0.2) is 0 Å². The molecule has 2 fully saturated rings. The van der Waals surface area contributed by atoms with Crippen molar-refractivity contribution < 1.29 is 9.59 Å². The van der Waals surface area contributed by atoms with Gasteiger partial charge in [0, 0.05) is 37.7 Å². The fourth-order valence-electron chi connectivity index (χ4n) is 3.82. The van der Waals surface area contributed by atoms with Crippen molar-refractivity contribution in [2.75, 3.05) is 19.6 Å². The monoisotopic (exact) mass is 363 g/mol. The summed E-state index contributed by atoms with van der Waals surface area (Å²) in [6, 6.07) is 7.29. The second-order valence-electron chi connectivity index (χ2n) is 7.63. The van der Waals surface area contributed by atoms with Crippen LogP contribution in [0.5, 0.6) is 0 Å². The number of piperazine rings is 1. The van der Waals surface area contributed by atoms with Crippen molar-refractivity contribution in [2.45, 2.75) is 39.2 Å². The van der Waals surface area contributed by atoms with Crippen LogP contribution in [0, 0.1) is 42.4 Å². The van der Waals surface area contributed by atoms with Gasteiger partial charge in [0.1, 0.15) is 0 Å². The normalized spacial score (nSPS) is 20.5. The lowest BCUT2D eigenvalue weighted by Gasteiger charge is -2.41. The predicted octanol–water partition coefficient (Wildman–Crippen LogP) is 2.59. The van der Waals surface area contributed by atoms with Gasteiger partial charge in [-0.25, -0.2) is 0 Å². The van der Waals surface area contributed by atoms with Crippen LogP contribution in [0.25, 0.3) is 0 Å². The zero-order valence-corrected chi connectivity index (χ0v) is 15.9. The maximum Gasteiger partial charge on any atom is 0.254 e. The summed E-state index contributed by atoms with van der Waals surface area (Å²) in [6.07, 6.45) is 8.12. The summed E-state index contributed by atoms with van der Waals surface area (Å²) in [5.74, 6) is 3.05. The van der Waals surface area contributed by atoms with Crippen molar-refractivity contribution in [3.8, 4) is 18.4 Å². The topological polar surface area (TPSA) is 64.4 Å². The molecule has 2 aliphatic rings. The number of amides is 2. The lowest BCUT2D eigenvalue weighted by molar-refractivity contribution is -0.140. The fourth-order valence-corrected chi connectivity index (χ4v) is 3.82. The lowest BCUT2D eigenvalue weighted by Crippen LogP contribution is -2.56. The molecule has 2 amide bonds. The molecule has 0 radical (unpaired) electrons. The highest BCUT2D eigenvalue weighted by Crippen LogP contribution is 2.39. The van der Waals surface area contributed by atoms with E-state index < -0.39 is 0 Å². The Kier molecular flexibility index (Phi) is 5.51. The van der Waals surface area contributed by atoms with E-state index in [-0.39, 0.29) is 23.8 Å². The Morgan fingerprint density at radius 3 is 2.67 bits per heavy atom. The van der Waals surface area contributed by atoms with E-state index in [9.17, 15) is 14.9 Å². The molecule has 1 aliphatic carbocycles. The number of terminal acetylenes is 1. The Balaban J connectivity index is 1.67. The van der Waals surface area contributed by atoms with Crippen LogP contribution in [0.3, 0.4) is 0 Å². The van der Waals surface area contributed by atoms with E-state index >= 15 is 0 Å². The van der Waals surface area contributed by atoms with Gasteiger partial charge in [0.25, 0.3) is 5.91 Å². The van der Waals surface area contributed by atoms with Crippen LogP contribution < -0.4 is 0 Å². The van der Waals surface area contributed by atoms with Crippen molar-refractivity contribution >= 4 is 11.8 Å². The largest absolute Gasteiger partial charge is 0.336 e. The molecule has 0 spiro atoms. The highest BCUT2D eigenvalue weighted by atomic mass is 16.2. The number of nitrogens with zero attached hydrogens (tertiary/aromatic N) is 3. The van der Waals surface area contributed by atoms with Gasteiger partial charge in [-0.3, -0.25) is 9.59 Å². The molecule has 2 atom stereocenters. The first-order chi connectivity index (χ1) is 13.0. The van der Waals surface area contributed by atoms with Crippen molar-refractivity contribution in [1.82, 2.24) is 9.80 Å². The van der Waals surface area contributed by atoms with Crippen LogP contribution in [-0.2, 0) is 4.79 Å². The van der Waals surface area contributed by atoms with E-state index in [4.69, 9.17) is 6.42 Å². The van der Waals surface area contributed by atoms with Gasteiger partial charge in [-0.1, -0.05) is 6.07 Å². The van der Waals surface area contributed by atoms with Gasteiger partial charge in [-0.05, 0) is 50.3 Å². The van der Waals surface area contributed by atoms with Crippen LogP contribution in [0.4, 0.5) is 0 Å². The number of nitriles is 1. The average molecular weight is 363 g/mol. The lowest BCUT2D eigenvalue weighted by atomic mass is 9.96. The van der Waals surface area contributed by atoms with Crippen molar-refractivity contribution in [3.05, 3.63) is 34.9 Å². The fraction of sp³-hybridized carbons (Fsp3) is 0.500. The molecular weight excluding hydrogens is 338 g/mol. The standard InChI is InChI=1S/C22H25N3O2/c1-4-5-20(17-8-9-17)22(27)25-11-10-24(14-16(25)3)21(26)18-7-6-15(2)19(12-18)13-23/h1,6-7,12,16-17,20H,5,8-11,14H2,2-3H3/t16-,20?/m0/s1. The molecule has 0 aromatic heterocycles. The minimum atomic E-state index is -0.0900. The molecule has 1 saturated carbocycles. The van der Waals surface area contributed by atoms with E-state index in [0.29, 0.717) is 43.1 Å². The molecule has 140 valence electrons. The summed E-state index contributed by atoms with van der Waals surface area (Å²) in [5.41, 5.74) is 1.90. The molecule has 1 aromatic carbocycles. The third-order valence-corrected chi connectivity index (χ3v) is 5.65. The molecule has 0 N–H and O–H groups in total. The number of rotatable bonds is 4. The Labute approximate surface area is 160 Å². The third kappa shape index (κ3) is 3.98. The second-order valence-corrected chi connectivity index (χ2v) is 7.63. The minimum Gasteiger partial charge on any atom is -0.336 e. The van der Waals surface area contributed by atoms with Gasteiger partial charge in [-0.2, -0.15) is 5.26 Å². The van der Waals surface area contributed by atoms with Gasteiger partial charge in [0.05, 0.1) is 17.6 Å². The zero-order chi connectivity index (χ0) is 19.6. The Hall–Kier alpha value is -2.79. The number of carbonyl (C=O) groups is 2. The SMILES string of the molecule is C#CCC(C(=O)N1CCN(C(=O)c2ccc(C)c(C#N)c2)C[C@@H]1C)C1CC1. The summed E-state index contributed by atoms with van der Waals surface area (Å²) in [4.78, 5) is 29.4. The number of hydrogen-bond donors (Lipinski definition) is 0. The first-order valence-electron chi connectivity index (χ1n) is 9.50. The quantitative estimate of drug-likeness (QED) is 0.773. The van der Waals surface area contributed by atoms with Crippen LogP contribution in [0.15, 0.2) is 18.2 Å². The smallest absolute Gasteiger partial charge is 0.254 e. The molecule has 1 aromatic rings. The molecule has 1 saturated heterocycles. The average Bonchev–Trinajstić information content (AvgIpc) is 3.50. The highest BCUT2D eigenvalue weighted by Gasteiger charge is 2.40. The van der Waals surface area contributed by atoms with E-state index in [2.05, 4.69) is 12.0 Å². The van der Waals surface area contributed by atoms with E-state index in [1.165, 1.54) is 0 Å². The number of benzene rings is 1. The van der Waals surface area contributed by atoms with Crippen LogP contribution >= 0.6 is 0 Å². The second kappa shape index (κ2) is 7.84. The molecule has 1 aliphatic heterocycles. The summed E-state index contributed by atoms with van der Waals surface area (Å²) in [6.45, 7) is 5.35. The highest BCUT2D eigenvalue weighted by molar-refractivity contribution is 5.95. The Morgan fingerprint density at radius 2 is 2.07 bits per heavy atom. The molecular formula is C22H25N3O2. The number of carbonyl (C=O) groups excluding carboxylic acids is 2. The van der Waals surface area contributed by atoms with E-state index in [0.717, 1.165) is 18.4 Å². The third-order valence-electron chi connectivity index (χ3n) is 5.65. The minimum absolute atomic E-state index is 0.0462. The van der Waals surface area contributed by atoms with Crippen molar-refractivity contribution in [1.29, 1.82) is 5.26 Å². The summed E-state index contributed by atoms with van der Waals surface area (Å²) in [5, 5.41) is 9.19. The maximum atomic E-state index is 12.9. The van der Waals surface area contributed by atoms with Crippen molar-refractivity contribution in [2.24, 2.45) is 11.8 Å². The molecule has 1 heterocycles. The Morgan fingerprint density at radius 1 is 1.33 bits per heavy atom. The van der Waals surface area contributed by atoms with Crippen LogP contribution in [0.2, 0.25) is 0 Å². The Bertz CT molecular complexity index is 829. The molecule has 5 heteroatoms. The van der Waals surface area contributed by atoms with Gasteiger partial charge < -0.3 is 9.80 Å². The summed E-state index contributed by atoms with van der Waals surface area (Å²) in [7, 11) is 0. The zero-order valence-electron chi connectivity index (χ0n) is 15.9.